The lowest BCUT2D eigenvalue weighted by Crippen LogP contribution is -2.44. The van der Waals surface area contributed by atoms with Gasteiger partial charge in [-0.15, -0.1) is 0 Å². The predicted molar refractivity (Wildman–Crippen MR) is 88.4 cm³/mol. The van der Waals surface area contributed by atoms with Gasteiger partial charge in [0, 0.05) is 11.4 Å². The average Bonchev–Trinajstić information content (AvgIpc) is 2.34. The standard InChI is InChI=1S/C13H17BrCl2FNO2S/c1-13(2,3)10(6-7-14)18-21(19,20)9-5-4-8(15)12(17)11(9)16/h4-5,10,18H,6-7H2,1-3H3. The van der Waals surface area contributed by atoms with E-state index >= 15 is 0 Å². The molecule has 0 saturated carbocycles. The van der Waals surface area contributed by atoms with Gasteiger partial charge < -0.3 is 0 Å². The number of rotatable bonds is 5. The first-order valence-electron chi connectivity index (χ1n) is 6.22. The van der Waals surface area contributed by atoms with E-state index in [4.69, 9.17) is 23.2 Å². The molecule has 21 heavy (non-hydrogen) atoms. The van der Waals surface area contributed by atoms with Gasteiger partial charge in [0.25, 0.3) is 0 Å². The van der Waals surface area contributed by atoms with E-state index in [1.54, 1.807) is 0 Å². The molecule has 120 valence electrons. The summed E-state index contributed by atoms with van der Waals surface area (Å²) in [4.78, 5) is -0.310. The van der Waals surface area contributed by atoms with Crippen LogP contribution in [0.4, 0.5) is 4.39 Å². The van der Waals surface area contributed by atoms with E-state index in [0.717, 1.165) is 0 Å². The highest BCUT2D eigenvalue weighted by atomic mass is 79.9. The van der Waals surface area contributed by atoms with Crippen molar-refractivity contribution in [3.8, 4) is 0 Å². The Bertz CT molecular complexity index is 617. The van der Waals surface area contributed by atoms with Crippen molar-refractivity contribution < 1.29 is 12.8 Å². The van der Waals surface area contributed by atoms with Gasteiger partial charge in [0.1, 0.15) is 4.90 Å². The van der Waals surface area contributed by atoms with E-state index in [2.05, 4.69) is 20.7 Å². The quantitative estimate of drug-likeness (QED) is 0.558. The lowest BCUT2D eigenvalue weighted by Gasteiger charge is -2.31. The molecule has 0 aromatic heterocycles. The zero-order valence-electron chi connectivity index (χ0n) is 11.9. The van der Waals surface area contributed by atoms with Gasteiger partial charge >= 0.3 is 0 Å². The molecular weight excluding hydrogens is 404 g/mol. The maximum absolute atomic E-state index is 13.7. The minimum atomic E-state index is -3.94. The van der Waals surface area contributed by atoms with Crippen molar-refractivity contribution in [3.63, 3.8) is 0 Å². The number of benzene rings is 1. The van der Waals surface area contributed by atoms with Crippen LogP contribution in [0, 0.1) is 11.2 Å². The summed E-state index contributed by atoms with van der Waals surface area (Å²) < 4.78 is 41.1. The number of hydrogen-bond donors (Lipinski definition) is 1. The van der Waals surface area contributed by atoms with Gasteiger partial charge in [-0.05, 0) is 24.0 Å². The third kappa shape index (κ3) is 4.79. The van der Waals surface area contributed by atoms with Crippen molar-refractivity contribution in [1.82, 2.24) is 4.72 Å². The summed E-state index contributed by atoms with van der Waals surface area (Å²) in [5.74, 6) is -0.936. The van der Waals surface area contributed by atoms with Crippen molar-refractivity contribution in [2.45, 2.75) is 38.1 Å². The van der Waals surface area contributed by atoms with Crippen molar-refractivity contribution in [2.75, 3.05) is 5.33 Å². The molecule has 3 nitrogen and oxygen atoms in total. The monoisotopic (exact) mass is 419 g/mol. The molecule has 0 aliphatic heterocycles. The van der Waals surface area contributed by atoms with Crippen molar-refractivity contribution in [1.29, 1.82) is 0 Å². The lowest BCUT2D eigenvalue weighted by molar-refractivity contribution is 0.293. The summed E-state index contributed by atoms with van der Waals surface area (Å²) in [5, 5.41) is -0.0755. The van der Waals surface area contributed by atoms with E-state index in [0.29, 0.717) is 11.8 Å². The van der Waals surface area contributed by atoms with Gasteiger partial charge in [-0.25, -0.2) is 17.5 Å². The molecule has 0 radical (unpaired) electrons. The number of sulfonamides is 1. The molecule has 0 saturated heterocycles. The summed E-state index contributed by atoms with van der Waals surface area (Å²) in [7, 11) is -3.94. The molecule has 0 bridgehead atoms. The molecule has 1 atom stereocenters. The van der Waals surface area contributed by atoms with Crippen LogP contribution in [0.1, 0.15) is 27.2 Å². The molecule has 1 unspecified atom stereocenters. The number of halogens is 4. The Balaban J connectivity index is 3.20. The van der Waals surface area contributed by atoms with Crippen LogP contribution in [0.25, 0.3) is 0 Å². The van der Waals surface area contributed by atoms with Gasteiger partial charge in [0.2, 0.25) is 10.0 Å². The molecule has 0 aliphatic rings. The van der Waals surface area contributed by atoms with Crippen LogP contribution in [-0.4, -0.2) is 19.8 Å². The summed E-state index contributed by atoms with van der Waals surface area (Å²) >= 11 is 14.7. The number of hydrogen-bond acceptors (Lipinski definition) is 2. The fourth-order valence-electron chi connectivity index (χ4n) is 1.74. The predicted octanol–water partition coefficient (Wildman–Crippen LogP) is 4.61. The Labute approximate surface area is 143 Å². The molecule has 0 fully saturated rings. The smallest absolute Gasteiger partial charge is 0.207 e. The normalized spacial score (nSPS) is 14.2. The molecule has 1 aromatic carbocycles. The first kappa shape index (κ1) is 19.2. The van der Waals surface area contributed by atoms with Gasteiger partial charge in [0.05, 0.1) is 10.0 Å². The van der Waals surface area contributed by atoms with Gasteiger partial charge in [-0.1, -0.05) is 59.9 Å². The van der Waals surface area contributed by atoms with Crippen molar-refractivity contribution in [2.24, 2.45) is 5.41 Å². The Hall–Kier alpha value is 0.120. The zero-order chi connectivity index (χ0) is 16.4. The van der Waals surface area contributed by atoms with Crippen LogP contribution in [0.15, 0.2) is 17.0 Å². The Morgan fingerprint density at radius 1 is 1.33 bits per heavy atom. The maximum Gasteiger partial charge on any atom is 0.242 e. The third-order valence-electron chi connectivity index (χ3n) is 3.03. The van der Waals surface area contributed by atoms with Crippen LogP contribution in [0.2, 0.25) is 10.0 Å². The minimum absolute atomic E-state index is 0.216. The highest BCUT2D eigenvalue weighted by Crippen LogP contribution is 2.31. The third-order valence-corrected chi connectivity index (χ3v) is 5.78. The Kier molecular flexibility index (Phi) is 6.51. The van der Waals surface area contributed by atoms with E-state index in [1.165, 1.54) is 12.1 Å². The fraction of sp³-hybridized carbons (Fsp3) is 0.538. The van der Waals surface area contributed by atoms with Crippen LogP contribution in [0.5, 0.6) is 0 Å². The average molecular weight is 421 g/mol. The first-order valence-corrected chi connectivity index (χ1v) is 9.58. The molecule has 0 heterocycles. The van der Waals surface area contributed by atoms with Crippen molar-refractivity contribution in [3.05, 3.63) is 28.0 Å². The first-order chi connectivity index (χ1) is 9.50. The largest absolute Gasteiger partial charge is 0.242 e. The number of alkyl halides is 1. The highest BCUT2D eigenvalue weighted by molar-refractivity contribution is 9.09. The molecule has 1 aromatic rings. The minimum Gasteiger partial charge on any atom is -0.207 e. The van der Waals surface area contributed by atoms with E-state index in [-0.39, 0.29) is 21.4 Å². The second kappa shape index (κ2) is 7.13. The summed E-state index contributed by atoms with van der Waals surface area (Å²) in [6.45, 7) is 5.77. The topological polar surface area (TPSA) is 46.2 Å². The van der Waals surface area contributed by atoms with E-state index in [1.807, 2.05) is 20.8 Å². The van der Waals surface area contributed by atoms with Gasteiger partial charge in [-0.3, -0.25) is 0 Å². The maximum atomic E-state index is 13.7. The van der Waals surface area contributed by atoms with Gasteiger partial charge in [-0.2, -0.15) is 0 Å². The Morgan fingerprint density at radius 2 is 1.90 bits per heavy atom. The molecule has 8 heteroatoms. The molecule has 1 N–H and O–H groups in total. The van der Waals surface area contributed by atoms with Crippen LogP contribution < -0.4 is 4.72 Å². The number of nitrogens with one attached hydrogen (secondary N) is 1. The highest BCUT2D eigenvalue weighted by Gasteiger charge is 2.31. The SMILES string of the molecule is CC(C)(C)C(CCBr)NS(=O)(=O)c1ccc(Cl)c(F)c1Cl. The molecular formula is C13H17BrCl2FNO2S. The second-order valence-electron chi connectivity index (χ2n) is 5.69. The summed E-state index contributed by atoms with van der Waals surface area (Å²) in [6, 6.07) is 2.05. The van der Waals surface area contributed by atoms with Crippen LogP contribution in [-0.2, 0) is 10.0 Å². The molecule has 0 aliphatic carbocycles. The molecule has 0 spiro atoms. The van der Waals surface area contributed by atoms with Gasteiger partial charge in [0.15, 0.2) is 5.82 Å². The summed E-state index contributed by atoms with van der Waals surface area (Å²) in [6.07, 6.45) is 0.594. The molecule has 1 rings (SSSR count). The molecule has 0 amide bonds. The van der Waals surface area contributed by atoms with Crippen LogP contribution >= 0.6 is 39.1 Å². The Morgan fingerprint density at radius 3 is 2.38 bits per heavy atom. The van der Waals surface area contributed by atoms with E-state index in [9.17, 15) is 12.8 Å². The van der Waals surface area contributed by atoms with Crippen LogP contribution in [0.3, 0.4) is 0 Å². The summed E-state index contributed by atoms with van der Waals surface area (Å²) in [5.41, 5.74) is -0.293. The lowest BCUT2D eigenvalue weighted by atomic mass is 9.86. The zero-order valence-corrected chi connectivity index (χ0v) is 15.8. The van der Waals surface area contributed by atoms with E-state index < -0.39 is 20.9 Å². The fourth-order valence-corrected chi connectivity index (χ4v) is 4.42. The second-order valence-corrected chi connectivity index (χ2v) is 8.95. The van der Waals surface area contributed by atoms with Crippen molar-refractivity contribution >= 4 is 49.2 Å².